The molecule has 2 aromatic rings. The van der Waals surface area contributed by atoms with Gasteiger partial charge in [0.2, 0.25) is 5.78 Å². The first-order chi connectivity index (χ1) is 14.0. The van der Waals surface area contributed by atoms with Crippen LogP contribution in [-0.4, -0.2) is 49.9 Å². The summed E-state index contributed by atoms with van der Waals surface area (Å²) in [5.74, 6) is -0.178. The minimum Gasteiger partial charge on any atom is -0.493 e. The Morgan fingerprint density at radius 3 is 2.62 bits per heavy atom. The number of esters is 1. The van der Waals surface area contributed by atoms with E-state index in [1.807, 2.05) is 19.9 Å². The average Bonchev–Trinajstić information content (AvgIpc) is 3.34. The molecule has 1 aliphatic rings. The normalized spacial score (nSPS) is 15.9. The number of aryl methyl sites for hydroxylation is 1. The van der Waals surface area contributed by atoms with Gasteiger partial charge < -0.3 is 23.5 Å². The van der Waals surface area contributed by atoms with Gasteiger partial charge in [0.25, 0.3) is 0 Å². The topological polar surface area (TPSA) is 76.0 Å². The van der Waals surface area contributed by atoms with Gasteiger partial charge in [-0.15, -0.1) is 0 Å². The molecular formula is C22H27NO6. The molecule has 1 aromatic heterocycles. The van der Waals surface area contributed by atoms with Crippen LogP contribution in [0.4, 0.5) is 0 Å². The molecule has 0 aliphatic carbocycles. The van der Waals surface area contributed by atoms with Crippen molar-refractivity contribution in [2.24, 2.45) is 0 Å². The van der Waals surface area contributed by atoms with Gasteiger partial charge in [0.1, 0.15) is 5.56 Å². The number of para-hydroxylation sites is 1. The van der Waals surface area contributed by atoms with Crippen LogP contribution in [0, 0.1) is 13.8 Å². The number of nitrogens with zero attached hydrogens (tertiary/aromatic N) is 1. The molecule has 1 aromatic carbocycles. The van der Waals surface area contributed by atoms with Gasteiger partial charge in [-0.3, -0.25) is 4.79 Å². The Bertz CT molecular complexity index is 895. The van der Waals surface area contributed by atoms with E-state index >= 15 is 0 Å². The van der Waals surface area contributed by atoms with Gasteiger partial charge in [0, 0.05) is 30.1 Å². The SMILES string of the molecule is COc1cccc(C(=O)OCC(=O)c2cc(C)n(C[C@H]3CCCO3)c2C)c1OC. The summed E-state index contributed by atoms with van der Waals surface area (Å²) in [6.45, 7) is 5.04. The summed E-state index contributed by atoms with van der Waals surface area (Å²) in [6.07, 6.45) is 2.28. The number of methoxy groups -OCH3 is 2. The minimum atomic E-state index is -0.637. The maximum absolute atomic E-state index is 12.7. The first-order valence-electron chi connectivity index (χ1n) is 9.66. The summed E-state index contributed by atoms with van der Waals surface area (Å²) in [7, 11) is 2.94. The van der Waals surface area contributed by atoms with E-state index in [0.717, 1.165) is 37.4 Å². The third-order valence-electron chi connectivity index (χ3n) is 5.24. The number of carbonyl (C=O) groups is 2. The van der Waals surface area contributed by atoms with Crippen molar-refractivity contribution >= 4 is 11.8 Å². The van der Waals surface area contributed by atoms with Crippen LogP contribution in [0.2, 0.25) is 0 Å². The van der Waals surface area contributed by atoms with Crippen LogP contribution >= 0.6 is 0 Å². The Kier molecular flexibility index (Phi) is 6.59. The molecule has 1 fully saturated rings. The third kappa shape index (κ3) is 4.45. The fraction of sp³-hybridized carbons (Fsp3) is 0.455. The lowest BCUT2D eigenvalue weighted by Crippen LogP contribution is -2.18. The number of benzene rings is 1. The predicted molar refractivity (Wildman–Crippen MR) is 107 cm³/mol. The highest BCUT2D eigenvalue weighted by molar-refractivity contribution is 6.01. The van der Waals surface area contributed by atoms with Crippen molar-refractivity contribution in [3.05, 3.63) is 46.8 Å². The Labute approximate surface area is 170 Å². The first kappa shape index (κ1) is 20.9. The Morgan fingerprint density at radius 2 is 1.97 bits per heavy atom. The summed E-state index contributed by atoms with van der Waals surface area (Å²) in [4.78, 5) is 25.2. The van der Waals surface area contributed by atoms with Gasteiger partial charge in [0.05, 0.1) is 20.3 Å². The first-order valence-corrected chi connectivity index (χ1v) is 9.66. The smallest absolute Gasteiger partial charge is 0.342 e. The van der Waals surface area contributed by atoms with Crippen LogP contribution in [0.15, 0.2) is 24.3 Å². The number of Topliss-reactive ketones (excluding diaryl/α,β-unsaturated/α-hetero) is 1. The van der Waals surface area contributed by atoms with E-state index in [2.05, 4.69) is 4.57 Å². The average molecular weight is 401 g/mol. The highest BCUT2D eigenvalue weighted by atomic mass is 16.5. The van der Waals surface area contributed by atoms with Crippen molar-refractivity contribution < 1.29 is 28.5 Å². The van der Waals surface area contributed by atoms with Crippen LogP contribution in [0.25, 0.3) is 0 Å². The number of ether oxygens (including phenoxy) is 4. The number of carbonyl (C=O) groups excluding carboxylic acids is 2. The van der Waals surface area contributed by atoms with Gasteiger partial charge in [-0.05, 0) is 44.9 Å². The Balaban J connectivity index is 1.69. The molecule has 29 heavy (non-hydrogen) atoms. The second kappa shape index (κ2) is 9.13. The zero-order valence-electron chi connectivity index (χ0n) is 17.3. The summed E-state index contributed by atoms with van der Waals surface area (Å²) in [5, 5.41) is 0. The molecular weight excluding hydrogens is 374 g/mol. The quantitative estimate of drug-likeness (QED) is 0.499. The molecule has 0 spiro atoms. The van der Waals surface area contributed by atoms with E-state index in [1.165, 1.54) is 14.2 Å². The molecule has 0 amide bonds. The maximum atomic E-state index is 12.7. The molecule has 3 rings (SSSR count). The summed E-state index contributed by atoms with van der Waals surface area (Å²) < 4.78 is 23.5. The lowest BCUT2D eigenvalue weighted by Gasteiger charge is -2.15. The fourth-order valence-corrected chi connectivity index (χ4v) is 3.69. The molecule has 7 nitrogen and oxygen atoms in total. The van der Waals surface area contributed by atoms with E-state index < -0.39 is 5.97 Å². The molecule has 1 saturated heterocycles. The fourth-order valence-electron chi connectivity index (χ4n) is 3.69. The Morgan fingerprint density at radius 1 is 1.17 bits per heavy atom. The number of ketones is 1. The number of hydrogen-bond donors (Lipinski definition) is 0. The molecule has 156 valence electrons. The summed E-state index contributed by atoms with van der Waals surface area (Å²) in [6, 6.07) is 6.76. The van der Waals surface area contributed by atoms with Crippen molar-refractivity contribution in [1.82, 2.24) is 4.57 Å². The van der Waals surface area contributed by atoms with Crippen molar-refractivity contribution in [2.75, 3.05) is 27.4 Å². The van der Waals surface area contributed by atoms with E-state index in [0.29, 0.717) is 11.3 Å². The minimum absolute atomic E-state index is 0.182. The van der Waals surface area contributed by atoms with Gasteiger partial charge in [0.15, 0.2) is 18.1 Å². The van der Waals surface area contributed by atoms with E-state index in [4.69, 9.17) is 18.9 Å². The van der Waals surface area contributed by atoms with Crippen LogP contribution in [0.5, 0.6) is 11.5 Å². The molecule has 0 N–H and O–H groups in total. The van der Waals surface area contributed by atoms with Crippen LogP contribution in [0.1, 0.15) is 44.9 Å². The highest BCUT2D eigenvalue weighted by Crippen LogP contribution is 2.31. The lowest BCUT2D eigenvalue weighted by molar-refractivity contribution is 0.0470. The molecule has 7 heteroatoms. The second-order valence-corrected chi connectivity index (χ2v) is 7.07. The highest BCUT2D eigenvalue weighted by Gasteiger charge is 2.23. The van der Waals surface area contributed by atoms with Crippen LogP contribution < -0.4 is 9.47 Å². The number of hydrogen-bond acceptors (Lipinski definition) is 6. The van der Waals surface area contributed by atoms with Crippen LogP contribution in [0.3, 0.4) is 0 Å². The Hall–Kier alpha value is -2.80. The monoisotopic (exact) mass is 401 g/mol. The molecule has 1 aliphatic heterocycles. The summed E-state index contributed by atoms with van der Waals surface area (Å²) in [5.41, 5.74) is 2.62. The number of aromatic nitrogens is 1. The third-order valence-corrected chi connectivity index (χ3v) is 5.24. The lowest BCUT2D eigenvalue weighted by atomic mass is 10.1. The number of rotatable bonds is 8. The molecule has 1 atom stereocenters. The zero-order chi connectivity index (χ0) is 21.0. The standard InChI is InChI=1S/C22H27NO6/c1-14-11-18(15(2)23(14)12-16-7-6-10-28-16)19(24)13-29-22(25)17-8-5-9-20(26-3)21(17)27-4/h5,8-9,11,16H,6-7,10,12-13H2,1-4H3/t16-/m1/s1. The maximum Gasteiger partial charge on any atom is 0.342 e. The van der Waals surface area contributed by atoms with Crippen molar-refractivity contribution in [3.63, 3.8) is 0 Å². The molecule has 0 bridgehead atoms. The van der Waals surface area contributed by atoms with Gasteiger partial charge in [-0.25, -0.2) is 4.79 Å². The van der Waals surface area contributed by atoms with Crippen molar-refractivity contribution in [1.29, 1.82) is 0 Å². The molecule has 0 radical (unpaired) electrons. The molecule has 2 heterocycles. The molecule has 0 saturated carbocycles. The van der Waals surface area contributed by atoms with Gasteiger partial charge in [-0.2, -0.15) is 0 Å². The van der Waals surface area contributed by atoms with Crippen molar-refractivity contribution in [2.45, 2.75) is 39.3 Å². The van der Waals surface area contributed by atoms with E-state index in [1.54, 1.807) is 18.2 Å². The molecule has 0 unspecified atom stereocenters. The van der Waals surface area contributed by atoms with Gasteiger partial charge >= 0.3 is 5.97 Å². The second-order valence-electron chi connectivity index (χ2n) is 7.07. The largest absolute Gasteiger partial charge is 0.493 e. The van der Waals surface area contributed by atoms with Gasteiger partial charge in [-0.1, -0.05) is 6.07 Å². The van der Waals surface area contributed by atoms with E-state index in [9.17, 15) is 9.59 Å². The zero-order valence-corrected chi connectivity index (χ0v) is 17.3. The predicted octanol–water partition coefficient (Wildman–Crippen LogP) is 3.34. The summed E-state index contributed by atoms with van der Waals surface area (Å²) >= 11 is 0. The van der Waals surface area contributed by atoms with Crippen molar-refractivity contribution in [3.8, 4) is 11.5 Å². The van der Waals surface area contributed by atoms with Crippen LogP contribution in [-0.2, 0) is 16.0 Å². The van der Waals surface area contributed by atoms with E-state index in [-0.39, 0.29) is 29.8 Å².